The minimum absolute atomic E-state index is 0.123. The van der Waals surface area contributed by atoms with Crippen LogP contribution in [0.5, 0.6) is 0 Å². The van der Waals surface area contributed by atoms with Crippen LogP contribution >= 0.6 is 15.9 Å². The predicted molar refractivity (Wildman–Crippen MR) is 98.6 cm³/mol. The van der Waals surface area contributed by atoms with Gasteiger partial charge in [-0.15, -0.1) is 5.10 Å². The Labute approximate surface area is 153 Å². The Bertz CT molecular complexity index is 894. The molecule has 0 aliphatic carbocycles. The second-order valence-corrected chi connectivity index (χ2v) is 6.48. The summed E-state index contributed by atoms with van der Waals surface area (Å²) in [6, 6.07) is 14.8. The van der Waals surface area contributed by atoms with Crippen LogP contribution in [0.1, 0.15) is 24.4 Å². The Morgan fingerprint density at radius 3 is 2.72 bits per heavy atom. The number of rotatable bonds is 4. The summed E-state index contributed by atoms with van der Waals surface area (Å²) in [5.74, 6) is 0.671. The highest BCUT2D eigenvalue weighted by atomic mass is 79.9. The third-order valence-electron chi connectivity index (χ3n) is 3.67. The highest BCUT2D eigenvalue weighted by Gasteiger charge is 2.11. The molecule has 0 aliphatic rings. The summed E-state index contributed by atoms with van der Waals surface area (Å²) in [5.41, 5.74) is 2.45. The fraction of sp³-hybridized carbons (Fsp3) is 0.176. The molecule has 2 N–H and O–H groups in total. The van der Waals surface area contributed by atoms with Crippen LogP contribution in [0.4, 0.5) is 10.5 Å². The summed E-state index contributed by atoms with van der Waals surface area (Å²) in [5, 5.41) is 17.2. The molecule has 8 heteroatoms. The van der Waals surface area contributed by atoms with Gasteiger partial charge in [0.15, 0.2) is 5.82 Å². The van der Waals surface area contributed by atoms with Gasteiger partial charge in [-0.1, -0.05) is 34.1 Å². The van der Waals surface area contributed by atoms with E-state index in [-0.39, 0.29) is 12.1 Å². The standard InChI is InChI=1S/C17H17BrN6O/c1-11(13-5-3-6-14(18)9-13)19-17(25)20-15-7-4-8-16(10-15)24-12(2)21-22-23-24/h3-11H,1-2H3,(H2,19,20,25). The molecule has 0 aliphatic heterocycles. The number of benzene rings is 2. The quantitative estimate of drug-likeness (QED) is 0.700. The fourth-order valence-corrected chi connectivity index (χ4v) is 2.83. The van der Waals surface area contributed by atoms with E-state index >= 15 is 0 Å². The predicted octanol–water partition coefficient (Wildman–Crippen LogP) is 3.62. The summed E-state index contributed by atoms with van der Waals surface area (Å²) in [4.78, 5) is 12.3. The van der Waals surface area contributed by atoms with Crippen molar-refractivity contribution in [3.05, 3.63) is 64.4 Å². The van der Waals surface area contributed by atoms with E-state index in [1.54, 1.807) is 4.68 Å². The molecule has 1 atom stereocenters. The number of urea groups is 1. The first-order valence-electron chi connectivity index (χ1n) is 7.71. The molecule has 1 heterocycles. The second-order valence-electron chi connectivity index (χ2n) is 5.56. The molecule has 2 aromatic carbocycles. The smallest absolute Gasteiger partial charge is 0.319 e. The van der Waals surface area contributed by atoms with Crippen LogP contribution in [0.15, 0.2) is 53.0 Å². The number of aromatic nitrogens is 4. The molecule has 0 bridgehead atoms. The Balaban J connectivity index is 1.68. The van der Waals surface area contributed by atoms with Crippen LogP contribution in [0.2, 0.25) is 0 Å². The molecule has 3 rings (SSSR count). The van der Waals surface area contributed by atoms with Gasteiger partial charge in [0.1, 0.15) is 0 Å². The van der Waals surface area contributed by atoms with E-state index in [4.69, 9.17) is 0 Å². The average Bonchev–Trinajstić information content (AvgIpc) is 3.01. The number of anilines is 1. The van der Waals surface area contributed by atoms with Crippen molar-refractivity contribution in [2.45, 2.75) is 19.9 Å². The molecule has 2 amide bonds. The molecule has 0 saturated carbocycles. The lowest BCUT2D eigenvalue weighted by Gasteiger charge is -2.15. The SMILES string of the molecule is Cc1nnnn1-c1cccc(NC(=O)NC(C)c2cccc(Br)c2)c1. The lowest BCUT2D eigenvalue weighted by molar-refractivity contribution is 0.249. The maximum Gasteiger partial charge on any atom is 0.319 e. The van der Waals surface area contributed by atoms with E-state index in [1.165, 1.54) is 0 Å². The van der Waals surface area contributed by atoms with E-state index in [0.29, 0.717) is 11.5 Å². The zero-order valence-corrected chi connectivity index (χ0v) is 15.4. The maximum absolute atomic E-state index is 12.3. The number of tetrazole rings is 1. The highest BCUT2D eigenvalue weighted by molar-refractivity contribution is 9.10. The van der Waals surface area contributed by atoms with Gasteiger partial charge in [-0.2, -0.15) is 4.68 Å². The molecule has 3 aromatic rings. The van der Waals surface area contributed by atoms with Gasteiger partial charge < -0.3 is 10.6 Å². The van der Waals surface area contributed by atoms with E-state index in [1.807, 2.05) is 62.4 Å². The van der Waals surface area contributed by atoms with E-state index < -0.39 is 0 Å². The third kappa shape index (κ3) is 4.21. The molecule has 0 spiro atoms. The van der Waals surface area contributed by atoms with Crippen molar-refractivity contribution < 1.29 is 4.79 Å². The summed E-state index contributed by atoms with van der Waals surface area (Å²) in [6.45, 7) is 3.74. The van der Waals surface area contributed by atoms with Gasteiger partial charge in [0, 0.05) is 10.2 Å². The van der Waals surface area contributed by atoms with Crippen molar-refractivity contribution >= 4 is 27.6 Å². The lowest BCUT2D eigenvalue weighted by atomic mass is 10.1. The normalized spacial score (nSPS) is 11.8. The van der Waals surface area contributed by atoms with Gasteiger partial charge in [0.2, 0.25) is 0 Å². The number of nitrogens with one attached hydrogen (secondary N) is 2. The van der Waals surface area contributed by atoms with Gasteiger partial charge in [0.05, 0.1) is 11.7 Å². The van der Waals surface area contributed by atoms with Gasteiger partial charge in [0.25, 0.3) is 0 Å². The van der Waals surface area contributed by atoms with E-state index in [9.17, 15) is 4.79 Å². The molecule has 7 nitrogen and oxygen atoms in total. The van der Waals surface area contributed by atoms with Crippen LogP contribution in [0, 0.1) is 6.92 Å². The average molecular weight is 401 g/mol. The van der Waals surface area contributed by atoms with Crippen LogP contribution in [0.25, 0.3) is 5.69 Å². The molecule has 1 unspecified atom stereocenters. The monoisotopic (exact) mass is 400 g/mol. The van der Waals surface area contributed by atoms with Gasteiger partial charge >= 0.3 is 6.03 Å². The Morgan fingerprint density at radius 1 is 1.20 bits per heavy atom. The lowest BCUT2D eigenvalue weighted by Crippen LogP contribution is -2.31. The topological polar surface area (TPSA) is 84.7 Å². The van der Waals surface area contributed by atoms with Crippen LogP contribution in [-0.2, 0) is 0 Å². The van der Waals surface area contributed by atoms with Crippen LogP contribution in [-0.4, -0.2) is 26.2 Å². The number of halogens is 1. The molecule has 0 fully saturated rings. The Morgan fingerprint density at radius 2 is 2.00 bits per heavy atom. The first-order chi connectivity index (χ1) is 12.0. The highest BCUT2D eigenvalue weighted by Crippen LogP contribution is 2.18. The number of aryl methyl sites for hydroxylation is 1. The molecule has 0 radical (unpaired) electrons. The fourth-order valence-electron chi connectivity index (χ4n) is 2.41. The molecule has 128 valence electrons. The summed E-state index contributed by atoms with van der Waals surface area (Å²) < 4.78 is 2.58. The molecule has 25 heavy (non-hydrogen) atoms. The van der Waals surface area contributed by atoms with Gasteiger partial charge in [-0.05, 0) is 60.2 Å². The molecular weight excluding hydrogens is 384 g/mol. The van der Waals surface area contributed by atoms with E-state index in [0.717, 1.165) is 15.7 Å². The maximum atomic E-state index is 12.3. The number of hydrogen-bond donors (Lipinski definition) is 2. The van der Waals surface area contributed by atoms with E-state index in [2.05, 4.69) is 42.1 Å². The number of amides is 2. The summed E-state index contributed by atoms with van der Waals surface area (Å²) >= 11 is 3.44. The number of nitrogens with zero attached hydrogens (tertiary/aromatic N) is 4. The van der Waals surface area contributed by atoms with Gasteiger partial charge in [-0.25, -0.2) is 4.79 Å². The minimum Gasteiger partial charge on any atom is -0.331 e. The van der Waals surface area contributed by atoms with Crippen LogP contribution < -0.4 is 10.6 Å². The zero-order valence-electron chi connectivity index (χ0n) is 13.8. The third-order valence-corrected chi connectivity index (χ3v) is 4.16. The molecular formula is C17H17BrN6O. The first kappa shape index (κ1) is 17.1. The first-order valence-corrected chi connectivity index (χ1v) is 8.50. The number of carbonyl (C=O) groups excluding carboxylic acids is 1. The summed E-state index contributed by atoms with van der Waals surface area (Å²) in [7, 11) is 0. The van der Waals surface area contributed by atoms with Crippen molar-refractivity contribution in [3.63, 3.8) is 0 Å². The Kier molecular flexibility index (Phi) is 5.08. The number of hydrogen-bond acceptors (Lipinski definition) is 4. The minimum atomic E-state index is -0.280. The largest absolute Gasteiger partial charge is 0.331 e. The summed E-state index contributed by atoms with van der Waals surface area (Å²) in [6.07, 6.45) is 0. The Hall–Kier alpha value is -2.74. The molecule has 1 aromatic heterocycles. The zero-order chi connectivity index (χ0) is 17.8. The number of carbonyl (C=O) groups is 1. The van der Waals surface area contributed by atoms with Crippen molar-refractivity contribution in [3.8, 4) is 5.69 Å². The van der Waals surface area contributed by atoms with Crippen molar-refractivity contribution in [1.29, 1.82) is 0 Å². The molecule has 0 saturated heterocycles. The van der Waals surface area contributed by atoms with Crippen molar-refractivity contribution in [1.82, 2.24) is 25.5 Å². The van der Waals surface area contributed by atoms with Crippen molar-refractivity contribution in [2.24, 2.45) is 0 Å². The van der Waals surface area contributed by atoms with Crippen LogP contribution in [0.3, 0.4) is 0 Å². The second kappa shape index (κ2) is 7.43. The van der Waals surface area contributed by atoms with Gasteiger partial charge in [-0.3, -0.25) is 0 Å². The van der Waals surface area contributed by atoms with Crippen molar-refractivity contribution in [2.75, 3.05) is 5.32 Å².